The first-order chi connectivity index (χ1) is 21.3. The van der Waals surface area contributed by atoms with Crippen molar-refractivity contribution < 1.29 is 29.6 Å². The van der Waals surface area contributed by atoms with Crippen LogP contribution in [0.2, 0.25) is 0 Å². The Labute approximate surface area is 251 Å². The van der Waals surface area contributed by atoms with Crippen molar-refractivity contribution in [2.24, 2.45) is 11.3 Å². The molecule has 2 aliphatic rings. The predicted octanol–water partition coefficient (Wildman–Crippen LogP) is 4.73. The molecule has 2 amide bonds. The Balaban J connectivity index is 1.01. The molecule has 2 aliphatic carbocycles. The van der Waals surface area contributed by atoms with Crippen LogP contribution in [0.25, 0.3) is 21.9 Å². The lowest BCUT2D eigenvalue weighted by Crippen LogP contribution is -2.34. The average molecular weight is 595 g/mol. The number of rotatable bonds is 8. The SMILES string of the molecule is O=C(O)Nc1ncnc2c1ccn2[C@H]1[C@H](O)[C@H](O)[C@]2(CCc3ccc4nc(NC(=O)OCc5ccccc5)ccc4c3)C[C@H]12. The number of anilines is 2. The predicted molar refractivity (Wildman–Crippen MR) is 161 cm³/mol. The van der Waals surface area contributed by atoms with Crippen molar-refractivity contribution in [1.29, 1.82) is 0 Å². The monoisotopic (exact) mass is 594 g/mol. The second-order valence-electron chi connectivity index (χ2n) is 11.5. The van der Waals surface area contributed by atoms with Gasteiger partial charge in [0.2, 0.25) is 0 Å². The number of fused-ring (bicyclic) bond motifs is 3. The third-order valence-electron chi connectivity index (χ3n) is 8.98. The fraction of sp³-hybridized carbons (Fsp3) is 0.281. The molecule has 12 nitrogen and oxygen atoms in total. The molecule has 0 radical (unpaired) electrons. The van der Waals surface area contributed by atoms with E-state index in [-0.39, 0.29) is 24.4 Å². The van der Waals surface area contributed by atoms with Gasteiger partial charge in [0.25, 0.3) is 0 Å². The number of hydrogen-bond donors (Lipinski definition) is 5. The third kappa shape index (κ3) is 4.97. The number of benzene rings is 2. The van der Waals surface area contributed by atoms with Crippen molar-refractivity contribution in [3.8, 4) is 0 Å². The van der Waals surface area contributed by atoms with E-state index in [4.69, 9.17) is 9.84 Å². The van der Waals surface area contributed by atoms with E-state index in [9.17, 15) is 19.8 Å². The summed E-state index contributed by atoms with van der Waals surface area (Å²) >= 11 is 0. The number of carboxylic acid groups (broad SMARTS) is 1. The van der Waals surface area contributed by atoms with Crippen LogP contribution in [0.4, 0.5) is 21.2 Å². The summed E-state index contributed by atoms with van der Waals surface area (Å²) < 4.78 is 7.12. The van der Waals surface area contributed by atoms with Crippen LogP contribution < -0.4 is 10.6 Å². The van der Waals surface area contributed by atoms with E-state index in [1.165, 1.54) is 6.33 Å². The highest BCUT2D eigenvalue weighted by Gasteiger charge is 2.70. The minimum absolute atomic E-state index is 0.0475. The summed E-state index contributed by atoms with van der Waals surface area (Å²) in [7, 11) is 0. The lowest BCUT2D eigenvalue weighted by Gasteiger charge is -2.24. The van der Waals surface area contributed by atoms with Gasteiger partial charge in [0, 0.05) is 17.0 Å². The van der Waals surface area contributed by atoms with Gasteiger partial charge in [-0.2, -0.15) is 0 Å². The molecule has 0 saturated heterocycles. The summed E-state index contributed by atoms with van der Waals surface area (Å²) in [5, 5.41) is 37.9. The average Bonchev–Trinajstić information content (AvgIpc) is 3.52. The Bertz CT molecular complexity index is 1880. The van der Waals surface area contributed by atoms with Gasteiger partial charge in [-0.25, -0.2) is 24.5 Å². The summed E-state index contributed by atoms with van der Waals surface area (Å²) in [5.74, 6) is 0.616. The first-order valence-electron chi connectivity index (χ1n) is 14.4. The number of nitrogens with one attached hydrogen (secondary N) is 2. The summed E-state index contributed by atoms with van der Waals surface area (Å²) in [6.07, 6.45) is 1.53. The van der Waals surface area contributed by atoms with Crippen molar-refractivity contribution in [1.82, 2.24) is 19.5 Å². The maximum atomic E-state index is 12.2. The minimum Gasteiger partial charge on any atom is -0.465 e. The summed E-state index contributed by atoms with van der Waals surface area (Å²) in [6.45, 7) is 0.167. The lowest BCUT2D eigenvalue weighted by atomic mass is 9.91. The Morgan fingerprint density at radius 1 is 1.00 bits per heavy atom. The molecule has 5 N–H and O–H groups in total. The van der Waals surface area contributed by atoms with E-state index in [0.717, 1.165) is 28.5 Å². The molecule has 44 heavy (non-hydrogen) atoms. The molecule has 3 heterocycles. The number of pyridine rings is 1. The largest absolute Gasteiger partial charge is 0.465 e. The molecule has 3 aromatic heterocycles. The summed E-state index contributed by atoms with van der Waals surface area (Å²) in [5.41, 5.74) is 2.79. The normalized spacial score (nSPS) is 23.8. The number of aryl methyl sites for hydroxylation is 1. The summed E-state index contributed by atoms with van der Waals surface area (Å²) in [6, 6.07) is 20.3. The van der Waals surface area contributed by atoms with Crippen LogP contribution >= 0.6 is 0 Å². The molecule has 5 aromatic rings. The second-order valence-corrected chi connectivity index (χ2v) is 11.5. The van der Waals surface area contributed by atoms with Crippen LogP contribution in [-0.2, 0) is 17.8 Å². The van der Waals surface area contributed by atoms with E-state index in [0.29, 0.717) is 29.7 Å². The zero-order valence-corrected chi connectivity index (χ0v) is 23.5. The minimum atomic E-state index is -1.23. The van der Waals surface area contributed by atoms with Crippen molar-refractivity contribution in [2.75, 3.05) is 10.6 Å². The number of aliphatic hydroxyl groups is 2. The molecule has 2 aromatic carbocycles. The molecular weight excluding hydrogens is 564 g/mol. The van der Waals surface area contributed by atoms with Crippen molar-refractivity contribution >= 4 is 45.8 Å². The van der Waals surface area contributed by atoms with E-state index in [1.54, 1.807) is 18.3 Å². The van der Waals surface area contributed by atoms with Crippen molar-refractivity contribution in [2.45, 2.75) is 44.1 Å². The van der Waals surface area contributed by atoms with E-state index in [2.05, 4.69) is 31.7 Å². The molecule has 0 aliphatic heterocycles. The van der Waals surface area contributed by atoms with Crippen LogP contribution in [-0.4, -0.2) is 59.2 Å². The van der Waals surface area contributed by atoms with Crippen molar-refractivity contribution in [3.63, 3.8) is 0 Å². The van der Waals surface area contributed by atoms with Gasteiger partial charge in [0.05, 0.1) is 23.0 Å². The molecule has 0 bridgehead atoms. The highest BCUT2D eigenvalue weighted by atomic mass is 16.5. The molecule has 0 unspecified atom stereocenters. The number of aromatic nitrogens is 4. The number of hydrogen-bond acceptors (Lipinski definition) is 8. The number of carbonyl (C=O) groups is 2. The number of aliphatic hydroxyl groups excluding tert-OH is 2. The highest BCUT2D eigenvalue weighted by molar-refractivity contribution is 5.95. The Hall–Kier alpha value is -5.07. The van der Waals surface area contributed by atoms with Gasteiger partial charge >= 0.3 is 12.2 Å². The van der Waals surface area contributed by atoms with Gasteiger partial charge in [-0.1, -0.05) is 36.4 Å². The molecule has 2 fully saturated rings. The van der Waals surface area contributed by atoms with E-state index < -0.39 is 29.8 Å². The zero-order valence-electron chi connectivity index (χ0n) is 23.5. The van der Waals surface area contributed by atoms with Gasteiger partial charge in [-0.05, 0) is 66.6 Å². The van der Waals surface area contributed by atoms with Gasteiger partial charge in [-0.15, -0.1) is 0 Å². The number of ether oxygens (including phenoxy) is 1. The van der Waals surface area contributed by atoms with Gasteiger partial charge in [0.1, 0.15) is 36.3 Å². The third-order valence-corrected chi connectivity index (χ3v) is 8.98. The van der Waals surface area contributed by atoms with E-state index in [1.807, 2.05) is 53.1 Å². The molecule has 7 rings (SSSR count). The number of carbonyl (C=O) groups excluding carboxylic acids is 1. The van der Waals surface area contributed by atoms with Gasteiger partial charge in [-0.3, -0.25) is 10.6 Å². The smallest absolute Gasteiger partial charge is 0.413 e. The fourth-order valence-electron chi connectivity index (χ4n) is 6.76. The Kier molecular flexibility index (Phi) is 6.87. The van der Waals surface area contributed by atoms with Crippen LogP contribution in [0.3, 0.4) is 0 Å². The number of amides is 2. The van der Waals surface area contributed by atoms with Gasteiger partial charge in [0.15, 0.2) is 0 Å². The molecule has 0 spiro atoms. The Morgan fingerprint density at radius 3 is 2.66 bits per heavy atom. The van der Waals surface area contributed by atoms with Crippen molar-refractivity contribution in [3.05, 3.63) is 90.4 Å². The highest BCUT2D eigenvalue weighted by Crippen LogP contribution is 2.69. The second kappa shape index (κ2) is 10.9. The van der Waals surface area contributed by atoms with Gasteiger partial charge < -0.3 is 24.6 Å². The Morgan fingerprint density at radius 2 is 1.84 bits per heavy atom. The van der Waals surface area contributed by atoms with Crippen LogP contribution in [0.5, 0.6) is 0 Å². The van der Waals surface area contributed by atoms with Crippen LogP contribution in [0, 0.1) is 11.3 Å². The standard InChI is InChI=1S/C32H30N6O6/c39-26-25(38-13-11-21-28(37-30(41)42)33-17-34-29(21)38)22-15-32(22,27(26)40)12-10-18-6-8-23-20(14-18)7-9-24(35-23)36-31(43)44-16-19-4-2-1-3-5-19/h1-9,11,13-14,17,22,25-27,39-40H,10,12,15-16H2,(H,41,42)(H,33,34,37)(H,35,36,43)/t22-,25-,26+,27+,32-/m1/s1. The van der Waals surface area contributed by atoms with Crippen LogP contribution in [0.15, 0.2) is 79.3 Å². The maximum absolute atomic E-state index is 12.2. The van der Waals surface area contributed by atoms with Crippen LogP contribution in [0.1, 0.15) is 30.0 Å². The molecule has 224 valence electrons. The lowest BCUT2D eigenvalue weighted by molar-refractivity contribution is -0.0191. The molecule has 5 atom stereocenters. The molecular formula is C32H30N6O6. The molecule has 2 saturated carbocycles. The zero-order chi connectivity index (χ0) is 30.4. The first kappa shape index (κ1) is 27.7. The van der Waals surface area contributed by atoms with E-state index >= 15 is 0 Å². The fourth-order valence-corrected chi connectivity index (χ4v) is 6.76. The quantitative estimate of drug-likeness (QED) is 0.170. The first-order valence-corrected chi connectivity index (χ1v) is 14.4. The molecule has 12 heteroatoms. The maximum Gasteiger partial charge on any atom is 0.413 e. The number of nitrogens with zero attached hydrogens (tertiary/aromatic N) is 4. The topological polar surface area (TPSA) is 172 Å². The summed E-state index contributed by atoms with van der Waals surface area (Å²) in [4.78, 5) is 36.3.